The second-order valence-electron chi connectivity index (χ2n) is 4.63. The van der Waals surface area contributed by atoms with Gasteiger partial charge in [0.05, 0.1) is 18.4 Å². The molecule has 6 heteroatoms. The lowest BCUT2D eigenvalue weighted by molar-refractivity contribution is 0.0950. The molecule has 108 valence electrons. The number of amides is 1. The van der Waals surface area contributed by atoms with Gasteiger partial charge in [0.15, 0.2) is 0 Å². The Hall–Kier alpha value is -2.34. The number of nitrogens with zero attached hydrogens (tertiary/aromatic N) is 1. The standard InChI is InChI=1S/C15H14N2O3S/c1-10-12(8-17-20-10)15(18)16-7-13(11-4-6-21-9-11)14-3-2-5-19-14/h2-6,8-9,13H,7H2,1H3,(H,16,18). The quantitative estimate of drug-likeness (QED) is 0.786. The van der Waals surface area contributed by atoms with Gasteiger partial charge in [0.1, 0.15) is 17.1 Å². The molecule has 3 rings (SSSR count). The third kappa shape index (κ3) is 2.90. The van der Waals surface area contributed by atoms with Gasteiger partial charge < -0.3 is 14.3 Å². The Morgan fingerprint density at radius 1 is 1.48 bits per heavy atom. The zero-order valence-corrected chi connectivity index (χ0v) is 12.2. The highest BCUT2D eigenvalue weighted by Crippen LogP contribution is 2.26. The summed E-state index contributed by atoms with van der Waals surface area (Å²) < 4.78 is 10.4. The Morgan fingerprint density at radius 2 is 2.38 bits per heavy atom. The minimum Gasteiger partial charge on any atom is -0.469 e. The molecule has 1 N–H and O–H groups in total. The molecule has 21 heavy (non-hydrogen) atoms. The zero-order chi connectivity index (χ0) is 14.7. The maximum absolute atomic E-state index is 12.1. The predicted octanol–water partition coefficient (Wildman–Crippen LogP) is 3.20. The van der Waals surface area contributed by atoms with Crippen LogP contribution < -0.4 is 5.32 Å². The van der Waals surface area contributed by atoms with Crippen LogP contribution in [-0.2, 0) is 0 Å². The molecule has 0 radical (unpaired) electrons. The highest BCUT2D eigenvalue weighted by atomic mass is 32.1. The van der Waals surface area contributed by atoms with Crippen molar-refractivity contribution < 1.29 is 13.7 Å². The van der Waals surface area contributed by atoms with E-state index in [-0.39, 0.29) is 11.8 Å². The number of hydrogen-bond donors (Lipinski definition) is 1. The van der Waals surface area contributed by atoms with E-state index in [9.17, 15) is 4.79 Å². The van der Waals surface area contributed by atoms with Crippen LogP contribution in [0.25, 0.3) is 0 Å². The molecular weight excluding hydrogens is 288 g/mol. The first-order valence-corrected chi connectivity index (χ1v) is 7.45. The zero-order valence-electron chi connectivity index (χ0n) is 11.4. The summed E-state index contributed by atoms with van der Waals surface area (Å²) in [7, 11) is 0. The van der Waals surface area contributed by atoms with Crippen molar-refractivity contribution in [3.05, 3.63) is 64.1 Å². The molecule has 0 spiro atoms. The molecule has 0 aliphatic heterocycles. The van der Waals surface area contributed by atoms with Gasteiger partial charge in [0.2, 0.25) is 0 Å². The average Bonchev–Trinajstić information content (AvgIpc) is 3.21. The highest BCUT2D eigenvalue weighted by Gasteiger charge is 2.20. The number of furan rings is 1. The number of rotatable bonds is 5. The third-order valence-corrected chi connectivity index (χ3v) is 4.00. The molecule has 1 atom stereocenters. The van der Waals surface area contributed by atoms with Crippen LogP contribution in [0, 0.1) is 6.92 Å². The van der Waals surface area contributed by atoms with Crippen molar-refractivity contribution in [3.8, 4) is 0 Å². The summed E-state index contributed by atoms with van der Waals surface area (Å²) in [6.45, 7) is 2.17. The monoisotopic (exact) mass is 302 g/mol. The summed E-state index contributed by atoms with van der Waals surface area (Å²) in [5, 5.41) is 10.6. The van der Waals surface area contributed by atoms with E-state index < -0.39 is 0 Å². The molecule has 0 aliphatic rings. The van der Waals surface area contributed by atoms with Gasteiger partial charge in [-0.3, -0.25) is 4.79 Å². The van der Waals surface area contributed by atoms with Crippen LogP contribution in [0.3, 0.4) is 0 Å². The fourth-order valence-electron chi connectivity index (χ4n) is 2.15. The first kappa shape index (κ1) is 13.6. The van der Waals surface area contributed by atoms with E-state index in [1.165, 1.54) is 6.20 Å². The first-order chi connectivity index (χ1) is 10.3. The summed E-state index contributed by atoms with van der Waals surface area (Å²) in [5.74, 6) is 1.14. The summed E-state index contributed by atoms with van der Waals surface area (Å²) in [6, 6.07) is 5.80. The number of carbonyl (C=O) groups excluding carboxylic acids is 1. The lowest BCUT2D eigenvalue weighted by Gasteiger charge is -2.14. The Balaban J connectivity index is 1.74. The minimum absolute atomic E-state index is 0.00429. The average molecular weight is 302 g/mol. The van der Waals surface area contributed by atoms with Gasteiger partial charge in [-0.1, -0.05) is 5.16 Å². The number of carbonyl (C=O) groups is 1. The molecule has 0 aliphatic carbocycles. The molecule has 0 bridgehead atoms. The van der Waals surface area contributed by atoms with Crippen LogP contribution in [0.5, 0.6) is 0 Å². The summed E-state index contributed by atoms with van der Waals surface area (Å²) >= 11 is 1.62. The Labute approximate surface area is 125 Å². The Kier molecular flexibility index (Phi) is 3.87. The molecule has 3 aromatic rings. The smallest absolute Gasteiger partial charge is 0.256 e. The van der Waals surface area contributed by atoms with Crippen molar-refractivity contribution in [1.82, 2.24) is 10.5 Å². The number of aryl methyl sites for hydroxylation is 1. The van der Waals surface area contributed by atoms with Crippen LogP contribution in [-0.4, -0.2) is 17.6 Å². The maximum atomic E-state index is 12.1. The highest BCUT2D eigenvalue weighted by molar-refractivity contribution is 7.08. The number of hydrogen-bond acceptors (Lipinski definition) is 5. The fraction of sp³-hybridized carbons (Fsp3) is 0.200. The molecule has 1 amide bonds. The molecular formula is C15H14N2O3S. The lowest BCUT2D eigenvalue weighted by Crippen LogP contribution is -2.28. The second-order valence-corrected chi connectivity index (χ2v) is 5.41. The van der Waals surface area contributed by atoms with Crippen molar-refractivity contribution >= 4 is 17.2 Å². The van der Waals surface area contributed by atoms with Crippen LogP contribution in [0.4, 0.5) is 0 Å². The molecule has 3 heterocycles. The van der Waals surface area contributed by atoms with Crippen molar-refractivity contribution in [2.45, 2.75) is 12.8 Å². The fourth-order valence-corrected chi connectivity index (χ4v) is 2.87. The van der Waals surface area contributed by atoms with Crippen molar-refractivity contribution in [2.24, 2.45) is 0 Å². The van der Waals surface area contributed by atoms with Crippen molar-refractivity contribution in [1.29, 1.82) is 0 Å². The van der Waals surface area contributed by atoms with Gasteiger partial charge in [0.25, 0.3) is 5.91 Å². The first-order valence-electron chi connectivity index (χ1n) is 6.50. The van der Waals surface area contributed by atoms with E-state index in [2.05, 4.69) is 15.9 Å². The molecule has 0 saturated heterocycles. The van der Waals surface area contributed by atoms with Gasteiger partial charge >= 0.3 is 0 Å². The number of aromatic nitrogens is 1. The van der Waals surface area contributed by atoms with Gasteiger partial charge in [-0.25, -0.2) is 0 Å². The summed E-state index contributed by atoms with van der Waals surface area (Å²) in [4.78, 5) is 12.1. The molecule has 0 fully saturated rings. The third-order valence-electron chi connectivity index (χ3n) is 3.29. The van der Waals surface area contributed by atoms with Crippen molar-refractivity contribution in [2.75, 3.05) is 6.54 Å². The van der Waals surface area contributed by atoms with Crippen LogP contribution in [0.1, 0.15) is 33.4 Å². The van der Waals surface area contributed by atoms with E-state index in [0.29, 0.717) is 17.9 Å². The van der Waals surface area contributed by atoms with Crippen LogP contribution in [0.15, 0.2) is 50.4 Å². The van der Waals surface area contributed by atoms with E-state index >= 15 is 0 Å². The van der Waals surface area contributed by atoms with E-state index in [1.54, 1.807) is 24.5 Å². The maximum Gasteiger partial charge on any atom is 0.256 e. The van der Waals surface area contributed by atoms with Gasteiger partial charge in [0, 0.05) is 6.54 Å². The normalized spacial score (nSPS) is 12.2. The van der Waals surface area contributed by atoms with Crippen LogP contribution >= 0.6 is 11.3 Å². The number of nitrogens with one attached hydrogen (secondary N) is 1. The van der Waals surface area contributed by atoms with E-state index in [4.69, 9.17) is 8.94 Å². The molecule has 1 unspecified atom stereocenters. The SMILES string of the molecule is Cc1oncc1C(=O)NCC(c1ccsc1)c1ccco1. The van der Waals surface area contributed by atoms with E-state index in [0.717, 1.165) is 11.3 Å². The minimum atomic E-state index is -0.194. The molecule has 3 aromatic heterocycles. The predicted molar refractivity (Wildman–Crippen MR) is 78.4 cm³/mol. The summed E-state index contributed by atoms with van der Waals surface area (Å²) in [5.41, 5.74) is 1.58. The van der Waals surface area contributed by atoms with E-state index in [1.807, 2.05) is 23.6 Å². The van der Waals surface area contributed by atoms with Gasteiger partial charge in [-0.15, -0.1) is 0 Å². The largest absolute Gasteiger partial charge is 0.469 e. The second kappa shape index (κ2) is 5.97. The molecule has 5 nitrogen and oxygen atoms in total. The topological polar surface area (TPSA) is 68.3 Å². The lowest BCUT2D eigenvalue weighted by atomic mass is 9.99. The molecule has 0 aromatic carbocycles. The van der Waals surface area contributed by atoms with Crippen molar-refractivity contribution in [3.63, 3.8) is 0 Å². The number of thiophene rings is 1. The van der Waals surface area contributed by atoms with Gasteiger partial charge in [-0.05, 0) is 41.4 Å². The molecule has 0 saturated carbocycles. The van der Waals surface area contributed by atoms with Gasteiger partial charge in [-0.2, -0.15) is 11.3 Å². The Morgan fingerprint density at radius 3 is 3.00 bits per heavy atom. The Bertz CT molecular complexity index is 667. The summed E-state index contributed by atoms with van der Waals surface area (Å²) in [6.07, 6.45) is 3.07. The van der Waals surface area contributed by atoms with Crippen LogP contribution in [0.2, 0.25) is 0 Å².